The van der Waals surface area contributed by atoms with Gasteiger partial charge in [-0.1, -0.05) is 6.08 Å². The minimum atomic E-state index is -5.00. The van der Waals surface area contributed by atoms with Gasteiger partial charge in [-0.3, -0.25) is 20.2 Å². The van der Waals surface area contributed by atoms with E-state index in [-0.39, 0.29) is 18.7 Å². The lowest BCUT2D eigenvalue weighted by Gasteiger charge is -2.26. The van der Waals surface area contributed by atoms with E-state index in [0.29, 0.717) is 0 Å². The Kier molecular flexibility index (Phi) is 5.27. The quantitative estimate of drug-likeness (QED) is 0.370. The van der Waals surface area contributed by atoms with Crippen LogP contribution in [0.5, 0.6) is 0 Å². The van der Waals surface area contributed by atoms with Gasteiger partial charge < -0.3 is 10.0 Å². The first kappa shape index (κ1) is 18.4. The Balaban J connectivity index is 3.81. The second-order valence-corrected chi connectivity index (χ2v) is 4.45. The molecule has 11 heteroatoms. The summed E-state index contributed by atoms with van der Waals surface area (Å²) in [6, 6.07) is 0.390. The average molecular weight is 335 g/mol. The molecule has 1 N–H and O–H groups in total. The predicted molar refractivity (Wildman–Crippen MR) is 74.0 cm³/mol. The fraction of sp³-hybridized carbons (Fsp3) is 0.333. The van der Waals surface area contributed by atoms with Crippen molar-refractivity contribution in [2.45, 2.75) is 19.3 Å². The smallest absolute Gasteiger partial charge is 0.374 e. The van der Waals surface area contributed by atoms with Crippen molar-refractivity contribution in [3.63, 3.8) is 0 Å². The molecule has 0 radical (unpaired) electrons. The maximum atomic E-state index is 12.8. The highest BCUT2D eigenvalue weighted by molar-refractivity contribution is 5.76. The van der Waals surface area contributed by atoms with Crippen LogP contribution in [0.15, 0.2) is 24.8 Å². The summed E-state index contributed by atoms with van der Waals surface area (Å²) < 4.78 is 38.4. The summed E-state index contributed by atoms with van der Waals surface area (Å²) in [6.07, 6.45) is -5.23. The standard InChI is InChI=1S/C12H12F3N3O5/c1-3-4-16(7(2)19)11-9(17(20)21)5-8(12(13,14)15)6-10(11)18(22)23/h3,5-7,19H,1,4H2,2H3. The maximum Gasteiger partial charge on any atom is 0.416 e. The molecule has 0 saturated carbocycles. The largest absolute Gasteiger partial charge is 0.416 e. The first-order valence-corrected chi connectivity index (χ1v) is 6.10. The van der Waals surface area contributed by atoms with Gasteiger partial charge in [-0.05, 0) is 6.92 Å². The normalized spacial score (nSPS) is 12.6. The molecule has 0 aliphatic carbocycles. The molecular weight excluding hydrogens is 323 g/mol. The Morgan fingerprint density at radius 2 is 1.74 bits per heavy atom. The van der Waals surface area contributed by atoms with Gasteiger partial charge in [0, 0.05) is 18.7 Å². The molecule has 1 atom stereocenters. The van der Waals surface area contributed by atoms with Gasteiger partial charge in [-0.25, -0.2) is 0 Å². The van der Waals surface area contributed by atoms with E-state index in [0.717, 1.165) is 11.8 Å². The van der Waals surface area contributed by atoms with E-state index in [2.05, 4.69) is 6.58 Å². The van der Waals surface area contributed by atoms with E-state index in [9.17, 15) is 38.5 Å². The molecule has 8 nitrogen and oxygen atoms in total. The second kappa shape index (κ2) is 6.60. The molecule has 126 valence electrons. The van der Waals surface area contributed by atoms with E-state index >= 15 is 0 Å². The molecule has 1 aromatic rings. The molecule has 0 amide bonds. The number of hydrogen-bond acceptors (Lipinski definition) is 6. The van der Waals surface area contributed by atoms with Gasteiger partial charge in [0.25, 0.3) is 11.4 Å². The van der Waals surface area contributed by atoms with Crippen LogP contribution < -0.4 is 4.90 Å². The molecular formula is C12H12F3N3O5. The highest BCUT2D eigenvalue weighted by Gasteiger charge is 2.39. The second-order valence-electron chi connectivity index (χ2n) is 4.45. The van der Waals surface area contributed by atoms with Gasteiger partial charge in [-0.2, -0.15) is 13.2 Å². The van der Waals surface area contributed by atoms with Crippen LogP contribution in [0.2, 0.25) is 0 Å². The van der Waals surface area contributed by atoms with E-state index in [1.54, 1.807) is 0 Å². The molecule has 0 fully saturated rings. The molecule has 23 heavy (non-hydrogen) atoms. The van der Waals surface area contributed by atoms with Gasteiger partial charge in [0.05, 0.1) is 15.4 Å². The summed E-state index contributed by atoms with van der Waals surface area (Å²) in [4.78, 5) is 20.6. The molecule has 0 heterocycles. The van der Waals surface area contributed by atoms with Gasteiger partial charge in [0.1, 0.15) is 6.23 Å². The number of anilines is 1. The molecule has 0 aliphatic rings. The van der Waals surface area contributed by atoms with Crippen molar-refractivity contribution < 1.29 is 28.1 Å². The molecule has 1 unspecified atom stereocenters. The third kappa shape index (κ3) is 3.94. The monoisotopic (exact) mass is 335 g/mol. The van der Waals surface area contributed by atoms with E-state index < -0.39 is 44.9 Å². The predicted octanol–water partition coefficient (Wildman–Crippen LogP) is 2.85. The molecule has 1 aromatic carbocycles. The third-order valence-electron chi connectivity index (χ3n) is 2.85. The van der Waals surface area contributed by atoms with Crippen LogP contribution in [0.25, 0.3) is 0 Å². The van der Waals surface area contributed by atoms with Crippen LogP contribution in [0.4, 0.5) is 30.2 Å². The van der Waals surface area contributed by atoms with E-state index in [1.807, 2.05) is 0 Å². The summed E-state index contributed by atoms with van der Waals surface area (Å²) in [7, 11) is 0. The van der Waals surface area contributed by atoms with Crippen molar-refractivity contribution >= 4 is 17.1 Å². The van der Waals surface area contributed by atoms with Gasteiger partial charge in [-0.15, -0.1) is 6.58 Å². The number of alkyl halides is 3. The first-order chi connectivity index (χ1) is 10.5. The van der Waals surface area contributed by atoms with Crippen LogP contribution >= 0.6 is 0 Å². The number of nitro groups is 2. The lowest BCUT2D eigenvalue weighted by atomic mass is 10.1. The minimum absolute atomic E-state index is 0.195. The number of hydrogen-bond donors (Lipinski definition) is 1. The van der Waals surface area contributed by atoms with Crippen LogP contribution in [-0.2, 0) is 6.18 Å². The summed E-state index contributed by atoms with van der Waals surface area (Å²) in [6.45, 7) is 4.26. The van der Waals surface area contributed by atoms with Crippen LogP contribution in [0, 0.1) is 20.2 Å². The number of nitro benzene ring substituents is 2. The molecule has 0 aromatic heterocycles. The zero-order valence-corrected chi connectivity index (χ0v) is 11.8. The van der Waals surface area contributed by atoms with Crippen LogP contribution in [0.1, 0.15) is 12.5 Å². The fourth-order valence-electron chi connectivity index (χ4n) is 1.91. The van der Waals surface area contributed by atoms with Crippen molar-refractivity contribution in [2.75, 3.05) is 11.4 Å². The van der Waals surface area contributed by atoms with Gasteiger partial charge >= 0.3 is 6.18 Å². The lowest BCUT2D eigenvalue weighted by Crippen LogP contribution is -2.34. The Labute approximate surface area is 127 Å². The average Bonchev–Trinajstić information content (AvgIpc) is 2.41. The zero-order chi connectivity index (χ0) is 17.9. The topological polar surface area (TPSA) is 110 Å². The number of halogens is 3. The van der Waals surface area contributed by atoms with Crippen molar-refractivity contribution in [3.05, 3.63) is 50.6 Å². The maximum absolute atomic E-state index is 12.8. The van der Waals surface area contributed by atoms with Crippen LogP contribution in [-0.4, -0.2) is 27.7 Å². The highest BCUT2D eigenvalue weighted by atomic mass is 19.4. The van der Waals surface area contributed by atoms with Crippen molar-refractivity contribution in [1.82, 2.24) is 0 Å². The number of rotatable bonds is 6. The lowest BCUT2D eigenvalue weighted by molar-refractivity contribution is -0.393. The highest BCUT2D eigenvalue weighted by Crippen LogP contribution is 2.43. The van der Waals surface area contributed by atoms with Gasteiger partial charge in [0.15, 0.2) is 5.69 Å². The number of aliphatic hydroxyl groups excluding tert-OH is 1. The molecule has 0 spiro atoms. The molecule has 0 bridgehead atoms. The number of aliphatic hydroxyl groups is 1. The van der Waals surface area contributed by atoms with Crippen LogP contribution in [0.3, 0.4) is 0 Å². The summed E-state index contributed by atoms with van der Waals surface area (Å²) in [5.74, 6) is 0. The molecule has 0 aliphatic heterocycles. The van der Waals surface area contributed by atoms with E-state index in [4.69, 9.17) is 0 Å². The number of benzene rings is 1. The SMILES string of the molecule is C=CCN(c1c([N+](=O)[O-])cc(C(F)(F)F)cc1[N+](=O)[O-])C(C)O. The van der Waals surface area contributed by atoms with Crippen molar-refractivity contribution in [2.24, 2.45) is 0 Å². The fourth-order valence-corrected chi connectivity index (χ4v) is 1.91. The van der Waals surface area contributed by atoms with Gasteiger partial charge in [0.2, 0.25) is 0 Å². The molecule has 0 saturated heterocycles. The number of nitrogens with zero attached hydrogens (tertiary/aromatic N) is 3. The minimum Gasteiger partial charge on any atom is -0.374 e. The first-order valence-electron chi connectivity index (χ1n) is 6.10. The Morgan fingerprint density at radius 1 is 1.30 bits per heavy atom. The molecule has 1 rings (SSSR count). The van der Waals surface area contributed by atoms with Crippen molar-refractivity contribution in [1.29, 1.82) is 0 Å². The third-order valence-corrected chi connectivity index (χ3v) is 2.85. The Morgan fingerprint density at radius 3 is 2.00 bits per heavy atom. The summed E-state index contributed by atoms with van der Waals surface area (Å²) in [5.41, 5.74) is -4.50. The van der Waals surface area contributed by atoms with Crippen molar-refractivity contribution in [3.8, 4) is 0 Å². The summed E-state index contributed by atoms with van der Waals surface area (Å²) >= 11 is 0. The Bertz CT molecular complexity index is 610. The summed E-state index contributed by atoms with van der Waals surface area (Å²) in [5, 5.41) is 31.8. The zero-order valence-electron chi connectivity index (χ0n) is 11.8. The Hall–Kier alpha value is -2.69. The van der Waals surface area contributed by atoms with E-state index in [1.165, 1.54) is 6.08 Å².